The van der Waals surface area contributed by atoms with Gasteiger partial charge in [0.05, 0.1) is 4.90 Å². The van der Waals surface area contributed by atoms with E-state index in [2.05, 4.69) is 33.9 Å². The summed E-state index contributed by atoms with van der Waals surface area (Å²) < 4.78 is 27.5. The Morgan fingerprint density at radius 3 is 2.06 bits per heavy atom. The van der Waals surface area contributed by atoms with E-state index in [0.717, 1.165) is 19.6 Å². The number of amides is 1. The smallest absolute Gasteiger partial charge is 0.261 e. The Balaban J connectivity index is 1.29. The number of carbonyl (C=O) groups excluding carboxylic acids is 1. The van der Waals surface area contributed by atoms with Crippen LogP contribution in [0.25, 0.3) is 6.08 Å². The molecule has 0 atom stereocenters. The van der Waals surface area contributed by atoms with Gasteiger partial charge in [-0.2, -0.15) is 0 Å². The number of hydrogen-bond donors (Lipinski definition) is 1. The van der Waals surface area contributed by atoms with E-state index in [1.807, 2.05) is 23.1 Å². The molecule has 1 aliphatic heterocycles. The predicted molar refractivity (Wildman–Crippen MR) is 132 cm³/mol. The van der Waals surface area contributed by atoms with Gasteiger partial charge < -0.3 is 4.90 Å². The molecule has 0 radical (unpaired) electrons. The van der Waals surface area contributed by atoms with Gasteiger partial charge in [-0.05, 0) is 42.0 Å². The van der Waals surface area contributed by atoms with Crippen molar-refractivity contribution in [3.63, 3.8) is 0 Å². The molecular weight excluding hydrogens is 434 g/mol. The molecule has 0 unspecified atom stereocenters. The molecule has 3 aromatic rings. The van der Waals surface area contributed by atoms with E-state index >= 15 is 0 Å². The number of benzene rings is 3. The van der Waals surface area contributed by atoms with E-state index in [1.165, 1.54) is 17.7 Å². The van der Waals surface area contributed by atoms with Crippen molar-refractivity contribution in [3.8, 4) is 0 Å². The number of piperazine rings is 1. The normalized spacial score (nSPS) is 15.0. The molecule has 4 rings (SSSR count). The highest BCUT2D eigenvalue weighted by molar-refractivity contribution is 7.92. The zero-order chi connectivity index (χ0) is 23.1. The van der Waals surface area contributed by atoms with Gasteiger partial charge in [-0.15, -0.1) is 0 Å². The second-order valence-electron chi connectivity index (χ2n) is 7.90. The molecule has 0 spiro atoms. The van der Waals surface area contributed by atoms with Gasteiger partial charge >= 0.3 is 0 Å². The summed E-state index contributed by atoms with van der Waals surface area (Å²) in [7, 11) is -3.66. The van der Waals surface area contributed by atoms with Crippen molar-refractivity contribution in [1.29, 1.82) is 0 Å². The summed E-state index contributed by atoms with van der Waals surface area (Å²) in [6.45, 7) is 3.83. The molecule has 1 heterocycles. The summed E-state index contributed by atoms with van der Waals surface area (Å²) in [5, 5.41) is 0. The van der Waals surface area contributed by atoms with Crippen LogP contribution in [0.2, 0.25) is 0 Å². The van der Waals surface area contributed by atoms with Crippen LogP contribution in [0.4, 0.5) is 5.69 Å². The van der Waals surface area contributed by atoms with Crippen LogP contribution in [0, 0.1) is 0 Å². The maximum atomic E-state index is 12.9. The van der Waals surface area contributed by atoms with Crippen LogP contribution in [0.1, 0.15) is 15.9 Å². The lowest BCUT2D eigenvalue weighted by atomic mass is 10.1. The number of nitrogens with zero attached hydrogens (tertiary/aromatic N) is 2. The zero-order valence-electron chi connectivity index (χ0n) is 18.3. The fourth-order valence-corrected chi connectivity index (χ4v) is 4.79. The molecule has 1 saturated heterocycles. The lowest BCUT2D eigenvalue weighted by Gasteiger charge is -2.34. The van der Waals surface area contributed by atoms with E-state index in [-0.39, 0.29) is 10.8 Å². The summed E-state index contributed by atoms with van der Waals surface area (Å²) in [6, 6.07) is 25.0. The SMILES string of the molecule is O=C(c1ccc(NS(=O)(=O)c2ccccc2)cc1)N1CCN(C/C=C/c2ccccc2)CC1. The van der Waals surface area contributed by atoms with Gasteiger partial charge in [0, 0.05) is 44.0 Å². The molecule has 3 aromatic carbocycles. The summed E-state index contributed by atoms with van der Waals surface area (Å²) >= 11 is 0. The highest BCUT2D eigenvalue weighted by atomic mass is 32.2. The Morgan fingerprint density at radius 2 is 1.42 bits per heavy atom. The quantitative estimate of drug-likeness (QED) is 0.578. The minimum Gasteiger partial charge on any atom is -0.336 e. The molecule has 170 valence electrons. The van der Waals surface area contributed by atoms with Crippen LogP contribution in [0.3, 0.4) is 0 Å². The highest BCUT2D eigenvalue weighted by Crippen LogP contribution is 2.18. The molecule has 0 aliphatic carbocycles. The first-order chi connectivity index (χ1) is 16.0. The van der Waals surface area contributed by atoms with E-state index in [4.69, 9.17) is 0 Å². The average Bonchev–Trinajstić information content (AvgIpc) is 2.85. The molecule has 6 nitrogen and oxygen atoms in total. The monoisotopic (exact) mass is 461 g/mol. The van der Waals surface area contributed by atoms with E-state index in [0.29, 0.717) is 24.3 Å². The highest BCUT2D eigenvalue weighted by Gasteiger charge is 2.22. The maximum absolute atomic E-state index is 12.9. The van der Waals surface area contributed by atoms with Crippen LogP contribution in [0.15, 0.2) is 95.9 Å². The first kappa shape index (κ1) is 22.8. The molecule has 7 heteroatoms. The third kappa shape index (κ3) is 6.09. The van der Waals surface area contributed by atoms with Crippen LogP contribution >= 0.6 is 0 Å². The molecule has 0 bridgehead atoms. The van der Waals surface area contributed by atoms with Gasteiger partial charge in [0.2, 0.25) is 0 Å². The second-order valence-corrected chi connectivity index (χ2v) is 9.58. The molecule has 1 aliphatic rings. The Kier molecular flexibility index (Phi) is 7.22. The second kappa shape index (κ2) is 10.5. The lowest BCUT2D eigenvalue weighted by molar-refractivity contribution is 0.0650. The topological polar surface area (TPSA) is 69.7 Å². The Labute approximate surface area is 195 Å². The third-order valence-corrected chi connectivity index (χ3v) is 6.97. The minimum atomic E-state index is -3.66. The van der Waals surface area contributed by atoms with Crippen LogP contribution in [-0.4, -0.2) is 56.8 Å². The van der Waals surface area contributed by atoms with Gasteiger partial charge in [-0.3, -0.25) is 14.4 Å². The van der Waals surface area contributed by atoms with Crippen molar-refractivity contribution in [1.82, 2.24) is 9.80 Å². The molecule has 0 aromatic heterocycles. The molecule has 1 amide bonds. The molecule has 0 saturated carbocycles. The van der Waals surface area contributed by atoms with Crippen molar-refractivity contribution in [3.05, 3.63) is 102 Å². The first-order valence-corrected chi connectivity index (χ1v) is 12.4. The summed E-state index contributed by atoms with van der Waals surface area (Å²) in [4.78, 5) is 17.2. The van der Waals surface area contributed by atoms with Crippen molar-refractivity contribution < 1.29 is 13.2 Å². The maximum Gasteiger partial charge on any atom is 0.261 e. The molecule has 33 heavy (non-hydrogen) atoms. The molecule has 1 N–H and O–H groups in total. The Hall–Kier alpha value is -3.42. The van der Waals surface area contributed by atoms with Crippen molar-refractivity contribution in [2.45, 2.75) is 4.90 Å². The molecule has 1 fully saturated rings. The van der Waals surface area contributed by atoms with Crippen LogP contribution in [-0.2, 0) is 10.0 Å². The summed E-state index contributed by atoms with van der Waals surface area (Å²) in [5.41, 5.74) is 2.15. The number of carbonyl (C=O) groups is 1. The van der Waals surface area contributed by atoms with Gasteiger partial charge in [0.15, 0.2) is 0 Å². The number of anilines is 1. The number of nitrogens with one attached hydrogen (secondary N) is 1. The minimum absolute atomic E-state index is 0.0352. The lowest BCUT2D eigenvalue weighted by Crippen LogP contribution is -2.48. The zero-order valence-corrected chi connectivity index (χ0v) is 19.1. The molecular formula is C26H27N3O3S. The fraction of sp³-hybridized carbons (Fsp3) is 0.192. The van der Waals surface area contributed by atoms with Gasteiger partial charge in [-0.25, -0.2) is 8.42 Å². The van der Waals surface area contributed by atoms with Crippen LogP contribution < -0.4 is 4.72 Å². The largest absolute Gasteiger partial charge is 0.336 e. The van der Waals surface area contributed by atoms with Gasteiger partial charge in [0.1, 0.15) is 0 Å². The van der Waals surface area contributed by atoms with E-state index < -0.39 is 10.0 Å². The number of hydrogen-bond acceptors (Lipinski definition) is 4. The van der Waals surface area contributed by atoms with Crippen molar-refractivity contribution >= 4 is 27.7 Å². The predicted octanol–water partition coefficient (Wildman–Crippen LogP) is 3.96. The van der Waals surface area contributed by atoms with E-state index in [9.17, 15) is 13.2 Å². The first-order valence-electron chi connectivity index (χ1n) is 10.9. The van der Waals surface area contributed by atoms with Gasteiger partial charge in [0.25, 0.3) is 15.9 Å². The summed E-state index contributed by atoms with van der Waals surface area (Å²) in [5.74, 6) is -0.0352. The van der Waals surface area contributed by atoms with Crippen molar-refractivity contribution in [2.24, 2.45) is 0 Å². The third-order valence-electron chi connectivity index (χ3n) is 5.57. The summed E-state index contributed by atoms with van der Waals surface area (Å²) in [6.07, 6.45) is 4.27. The number of rotatable bonds is 7. The average molecular weight is 462 g/mol. The fourth-order valence-electron chi connectivity index (χ4n) is 3.71. The Morgan fingerprint density at radius 1 is 0.818 bits per heavy atom. The standard InChI is InChI=1S/C26H27N3O3S/c30-26(29-20-18-28(19-21-29)17-7-10-22-8-3-1-4-9-22)23-13-15-24(16-14-23)27-33(31,32)25-11-5-2-6-12-25/h1-16,27H,17-21H2/b10-7+. The van der Waals surface area contributed by atoms with Crippen LogP contribution in [0.5, 0.6) is 0 Å². The van der Waals surface area contributed by atoms with Gasteiger partial charge in [-0.1, -0.05) is 60.7 Å². The van der Waals surface area contributed by atoms with Crippen molar-refractivity contribution in [2.75, 3.05) is 37.4 Å². The van der Waals surface area contributed by atoms with E-state index in [1.54, 1.807) is 42.5 Å². The Bertz CT molecular complexity index is 1190. The number of sulfonamides is 1.